The fourth-order valence-electron chi connectivity index (χ4n) is 6.31. The molecule has 0 aliphatic carbocycles. The van der Waals surface area contributed by atoms with E-state index in [1.54, 1.807) is 0 Å². The van der Waals surface area contributed by atoms with Gasteiger partial charge in [-0.25, -0.2) is 9.97 Å². The van der Waals surface area contributed by atoms with Gasteiger partial charge in [-0.2, -0.15) is 0 Å². The summed E-state index contributed by atoms with van der Waals surface area (Å²) in [5.74, 6) is 0.569. The summed E-state index contributed by atoms with van der Waals surface area (Å²) in [4.78, 5) is 12.6. The molecule has 1 aliphatic heterocycles. The number of aromatic nitrogens is 2. The van der Waals surface area contributed by atoms with Crippen molar-refractivity contribution < 1.29 is 8.83 Å². The molecule has 196 valence electrons. The second kappa shape index (κ2) is 8.95. The maximum atomic E-state index is 6.71. The van der Waals surface area contributed by atoms with Gasteiger partial charge in [-0.05, 0) is 30.3 Å². The Hall–Kier alpha value is -5.62. The van der Waals surface area contributed by atoms with E-state index in [9.17, 15) is 0 Å². The highest BCUT2D eigenvalue weighted by Gasteiger charge is 2.45. The van der Waals surface area contributed by atoms with Crippen molar-refractivity contribution in [3.05, 3.63) is 133 Å². The summed E-state index contributed by atoms with van der Waals surface area (Å²) in [6.45, 7) is -0.235. The number of para-hydroxylation sites is 3. The lowest BCUT2D eigenvalue weighted by molar-refractivity contribution is 0.636. The molecule has 0 radical (unpaired) electrons. The number of fused-ring (bicyclic) bond motifs is 7. The third-order valence-electron chi connectivity index (χ3n) is 8.13. The van der Waals surface area contributed by atoms with Gasteiger partial charge in [0.05, 0.1) is 22.6 Å². The van der Waals surface area contributed by atoms with Crippen molar-refractivity contribution in [3.8, 4) is 11.3 Å². The molecule has 0 saturated heterocycles. The predicted octanol–water partition coefficient (Wildman–Crippen LogP) is 7.09. The van der Waals surface area contributed by atoms with Gasteiger partial charge >= 0.3 is 6.71 Å². The van der Waals surface area contributed by atoms with Gasteiger partial charge in [0.1, 0.15) is 22.5 Å². The molecule has 4 heterocycles. The van der Waals surface area contributed by atoms with Crippen molar-refractivity contribution in [3.63, 3.8) is 0 Å². The molecule has 42 heavy (non-hydrogen) atoms. The van der Waals surface area contributed by atoms with Gasteiger partial charge < -0.3 is 8.83 Å². The Kier molecular flexibility index (Phi) is 4.93. The summed E-state index contributed by atoms with van der Waals surface area (Å²) >= 11 is 0. The maximum Gasteiger partial charge on any atom is 0.338 e. The first-order valence-corrected chi connectivity index (χ1v) is 14.1. The van der Waals surface area contributed by atoms with E-state index < -0.39 is 0 Å². The van der Waals surface area contributed by atoms with E-state index in [2.05, 4.69) is 59.5 Å². The lowest BCUT2D eigenvalue weighted by Gasteiger charge is -2.30. The maximum absolute atomic E-state index is 6.71. The Bertz CT molecular complexity index is 2190. The Labute approximate surface area is 241 Å². The van der Waals surface area contributed by atoms with Crippen LogP contribution in [0.1, 0.15) is 0 Å². The van der Waals surface area contributed by atoms with Crippen LogP contribution in [0.4, 0.5) is 17.3 Å². The predicted molar refractivity (Wildman–Crippen MR) is 170 cm³/mol. The number of furan rings is 2. The monoisotopic (exact) mass is 539 g/mol. The minimum atomic E-state index is -0.235. The molecule has 0 atom stereocenters. The van der Waals surface area contributed by atoms with Crippen molar-refractivity contribution in [2.75, 3.05) is 4.90 Å². The molecule has 6 heteroatoms. The van der Waals surface area contributed by atoms with Crippen LogP contribution in [0, 0.1) is 0 Å². The lowest BCUT2D eigenvalue weighted by atomic mass is 9.39. The van der Waals surface area contributed by atoms with Crippen LogP contribution in [0.5, 0.6) is 0 Å². The van der Waals surface area contributed by atoms with Gasteiger partial charge in [-0.1, -0.05) is 109 Å². The van der Waals surface area contributed by atoms with Gasteiger partial charge in [0.25, 0.3) is 0 Å². The molecule has 5 aromatic carbocycles. The first kappa shape index (κ1) is 23.1. The van der Waals surface area contributed by atoms with E-state index in [0.717, 1.165) is 72.3 Å². The molecule has 3 aromatic heterocycles. The van der Waals surface area contributed by atoms with Crippen molar-refractivity contribution in [2.24, 2.45) is 0 Å². The average Bonchev–Trinajstić information content (AvgIpc) is 3.63. The van der Waals surface area contributed by atoms with E-state index in [1.165, 1.54) is 0 Å². The van der Waals surface area contributed by atoms with Crippen LogP contribution >= 0.6 is 0 Å². The first-order chi connectivity index (χ1) is 20.8. The van der Waals surface area contributed by atoms with Crippen molar-refractivity contribution in [1.82, 2.24) is 9.97 Å². The van der Waals surface area contributed by atoms with Crippen LogP contribution in [0.15, 0.2) is 142 Å². The van der Waals surface area contributed by atoms with Crippen LogP contribution in [-0.2, 0) is 0 Å². The smallest absolute Gasteiger partial charge is 0.338 e. The number of rotatable bonds is 3. The number of nitrogens with zero attached hydrogens (tertiary/aromatic N) is 3. The zero-order chi connectivity index (χ0) is 27.6. The van der Waals surface area contributed by atoms with Gasteiger partial charge in [-0.15, -0.1) is 0 Å². The highest BCUT2D eigenvalue weighted by molar-refractivity contribution is 6.97. The lowest BCUT2D eigenvalue weighted by Crippen LogP contribution is -2.56. The SMILES string of the molecule is c1ccc(B2c3oc4ccccc4c3N(c3nc(-c4ccccc4)c4ccccc4n3)c3c2oc2ccccc32)cc1. The largest absolute Gasteiger partial charge is 0.468 e. The van der Waals surface area contributed by atoms with E-state index in [-0.39, 0.29) is 6.71 Å². The van der Waals surface area contributed by atoms with E-state index in [4.69, 9.17) is 18.8 Å². The van der Waals surface area contributed by atoms with Crippen LogP contribution in [0.2, 0.25) is 0 Å². The minimum Gasteiger partial charge on any atom is -0.468 e. The molecule has 9 rings (SSSR count). The molecule has 0 fully saturated rings. The standard InChI is InChI=1S/C36H22BN3O2/c1-3-13-23(14-4-1)31-25-17-7-10-20-28(25)38-36(39-31)40-32-26-18-8-11-21-29(26)41-34(32)37(24-15-5-2-6-16-24)35-33(40)27-19-9-12-22-30(27)42-35/h1-22H. The summed E-state index contributed by atoms with van der Waals surface area (Å²) in [6.07, 6.45) is 0. The molecule has 0 spiro atoms. The second-order valence-electron chi connectivity index (χ2n) is 10.6. The highest BCUT2D eigenvalue weighted by Crippen LogP contribution is 2.44. The third kappa shape index (κ3) is 3.32. The van der Waals surface area contributed by atoms with Crippen LogP contribution < -0.4 is 21.7 Å². The fourth-order valence-corrected chi connectivity index (χ4v) is 6.31. The normalized spacial score (nSPS) is 12.7. The van der Waals surface area contributed by atoms with E-state index in [0.29, 0.717) is 5.95 Å². The quantitative estimate of drug-likeness (QED) is 0.225. The minimum absolute atomic E-state index is 0.235. The van der Waals surface area contributed by atoms with Gasteiger partial charge in [0.15, 0.2) is 0 Å². The molecular weight excluding hydrogens is 517 g/mol. The van der Waals surface area contributed by atoms with Crippen LogP contribution in [0.25, 0.3) is 44.1 Å². The second-order valence-corrected chi connectivity index (χ2v) is 10.6. The summed E-state index contributed by atoms with van der Waals surface area (Å²) in [6, 6.07) is 45.3. The Morgan fingerprint density at radius 3 is 1.67 bits per heavy atom. The molecule has 0 amide bonds. The number of anilines is 3. The summed E-state index contributed by atoms with van der Waals surface area (Å²) in [7, 11) is 0. The van der Waals surface area contributed by atoms with Crippen molar-refractivity contribution in [2.45, 2.75) is 0 Å². The van der Waals surface area contributed by atoms with Crippen LogP contribution in [-0.4, -0.2) is 16.7 Å². The Morgan fingerprint density at radius 1 is 0.500 bits per heavy atom. The molecule has 0 saturated carbocycles. The summed E-state index contributed by atoms with van der Waals surface area (Å²) in [5, 5.41) is 3.01. The molecule has 5 nitrogen and oxygen atoms in total. The highest BCUT2D eigenvalue weighted by atomic mass is 16.4. The fraction of sp³-hybridized carbons (Fsp3) is 0. The zero-order valence-electron chi connectivity index (χ0n) is 22.4. The number of hydrogen-bond acceptors (Lipinski definition) is 5. The number of benzene rings is 5. The Balaban J connectivity index is 1.42. The van der Waals surface area contributed by atoms with E-state index in [1.807, 2.05) is 78.9 Å². The van der Waals surface area contributed by atoms with Gasteiger partial charge in [0.2, 0.25) is 5.95 Å². The Morgan fingerprint density at radius 2 is 1.02 bits per heavy atom. The van der Waals surface area contributed by atoms with Gasteiger partial charge in [-0.3, -0.25) is 4.90 Å². The zero-order valence-corrected chi connectivity index (χ0v) is 22.4. The van der Waals surface area contributed by atoms with Crippen LogP contribution in [0.3, 0.4) is 0 Å². The van der Waals surface area contributed by atoms with Crippen molar-refractivity contribution >= 4 is 73.7 Å². The molecule has 0 bridgehead atoms. The topological polar surface area (TPSA) is 55.3 Å². The van der Waals surface area contributed by atoms with E-state index >= 15 is 0 Å². The molecular formula is C36H22BN3O2. The summed E-state index contributed by atoms with van der Waals surface area (Å²) < 4.78 is 13.4. The summed E-state index contributed by atoms with van der Waals surface area (Å²) in [5.41, 5.74) is 9.01. The first-order valence-electron chi connectivity index (χ1n) is 14.1. The third-order valence-corrected chi connectivity index (χ3v) is 8.13. The molecule has 8 aromatic rings. The number of hydrogen-bond donors (Lipinski definition) is 0. The molecule has 1 aliphatic rings. The molecule has 0 unspecified atom stereocenters. The molecule has 0 N–H and O–H groups in total. The average molecular weight is 539 g/mol. The van der Waals surface area contributed by atoms with Crippen molar-refractivity contribution in [1.29, 1.82) is 0 Å². The van der Waals surface area contributed by atoms with Gasteiger partial charge in [0, 0.05) is 21.7 Å².